The van der Waals surface area contributed by atoms with Gasteiger partial charge in [-0.15, -0.1) is 0 Å². The van der Waals surface area contributed by atoms with Gasteiger partial charge < -0.3 is 15.1 Å². The van der Waals surface area contributed by atoms with E-state index in [1.165, 1.54) is 24.3 Å². The summed E-state index contributed by atoms with van der Waals surface area (Å²) >= 11 is 0. The summed E-state index contributed by atoms with van der Waals surface area (Å²) in [6.45, 7) is 1.05. The molecular formula is C15H19F4NO2. The second-order valence-corrected chi connectivity index (χ2v) is 5.69. The van der Waals surface area contributed by atoms with E-state index in [0.717, 1.165) is 0 Å². The molecule has 0 aromatic heterocycles. The van der Waals surface area contributed by atoms with Gasteiger partial charge in [0.15, 0.2) is 6.10 Å². The van der Waals surface area contributed by atoms with Crippen LogP contribution in [0, 0.1) is 11.7 Å². The first-order valence-electron chi connectivity index (χ1n) is 7.18. The molecule has 1 heterocycles. The van der Waals surface area contributed by atoms with Gasteiger partial charge in [0.1, 0.15) is 5.82 Å². The lowest BCUT2D eigenvalue weighted by Gasteiger charge is -2.35. The first-order valence-corrected chi connectivity index (χ1v) is 7.18. The lowest BCUT2D eigenvalue weighted by Crippen LogP contribution is -2.44. The van der Waals surface area contributed by atoms with Crippen LogP contribution < -0.4 is 0 Å². The van der Waals surface area contributed by atoms with Crippen molar-refractivity contribution in [3.63, 3.8) is 0 Å². The first-order chi connectivity index (χ1) is 10.3. The van der Waals surface area contributed by atoms with Crippen LogP contribution in [-0.4, -0.2) is 47.0 Å². The Kier molecular flexibility index (Phi) is 5.41. The lowest BCUT2D eigenvalue weighted by atomic mass is 9.90. The number of nitrogens with zero attached hydrogens (tertiary/aromatic N) is 1. The number of aliphatic hydroxyl groups is 2. The summed E-state index contributed by atoms with van der Waals surface area (Å²) in [6, 6.07) is 5.48. The predicted molar refractivity (Wildman–Crippen MR) is 72.6 cm³/mol. The topological polar surface area (TPSA) is 43.7 Å². The molecule has 0 amide bonds. The van der Waals surface area contributed by atoms with Gasteiger partial charge in [0, 0.05) is 6.54 Å². The van der Waals surface area contributed by atoms with Crippen molar-refractivity contribution in [3.8, 4) is 0 Å². The zero-order valence-electron chi connectivity index (χ0n) is 11.9. The summed E-state index contributed by atoms with van der Waals surface area (Å²) in [5, 5.41) is 19.3. The van der Waals surface area contributed by atoms with Crippen molar-refractivity contribution in [2.45, 2.75) is 31.2 Å². The SMILES string of the molecule is OC(CN1CCC(C(O)C(F)(F)F)CC1)c1ccc(F)cc1. The fourth-order valence-corrected chi connectivity index (χ4v) is 2.75. The zero-order valence-corrected chi connectivity index (χ0v) is 11.9. The predicted octanol–water partition coefficient (Wildman–Crippen LogP) is 2.49. The van der Waals surface area contributed by atoms with Gasteiger partial charge in [-0.1, -0.05) is 12.1 Å². The number of rotatable bonds is 4. The van der Waals surface area contributed by atoms with Gasteiger partial charge in [0.2, 0.25) is 0 Å². The second-order valence-electron chi connectivity index (χ2n) is 5.69. The monoisotopic (exact) mass is 321 g/mol. The maximum absolute atomic E-state index is 12.8. The normalized spacial score (nSPS) is 20.8. The third-order valence-corrected chi connectivity index (χ3v) is 4.10. The Bertz CT molecular complexity index is 469. The number of hydrogen-bond acceptors (Lipinski definition) is 3. The van der Waals surface area contributed by atoms with Crippen molar-refractivity contribution < 1.29 is 27.8 Å². The standard InChI is InChI=1S/C15H19F4NO2/c16-12-3-1-10(2-4-12)13(21)9-20-7-5-11(6-8-20)14(22)15(17,18)19/h1-4,11,13-14,21-22H,5-9H2. The molecule has 0 saturated carbocycles. The molecule has 0 spiro atoms. The van der Waals surface area contributed by atoms with Gasteiger partial charge >= 0.3 is 6.18 Å². The average molecular weight is 321 g/mol. The highest BCUT2D eigenvalue weighted by Gasteiger charge is 2.44. The molecule has 0 bridgehead atoms. The van der Waals surface area contributed by atoms with Gasteiger partial charge in [-0.2, -0.15) is 13.2 Å². The van der Waals surface area contributed by atoms with Crippen molar-refractivity contribution in [1.82, 2.24) is 4.90 Å². The van der Waals surface area contributed by atoms with E-state index in [0.29, 0.717) is 18.7 Å². The van der Waals surface area contributed by atoms with Gasteiger partial charge in [-0.3, -0.25) is 0 Å². The Morgan fingerprint density at radius 3 is 2.14 bits per heavy atom. The van der Waals surface area contributed by atoms with Crippen LogP contribution in [0.3, 0.4) is 0 Å². The summed E-state index contributed by atoms with van der Waals surface area (Å²) in [5.41, 5.74) is 0.568. The van der Waals surface area contributed by atoms with Gasteiger partial charge in [0.05, 0.1) is 6.10 Å². The molecule has 2 unspecified atom stereocenters. The molecule has 1 fully saturated rings. The van der Waals surface area contributed by atoms with E-state index in [1.807, 2.05) is 4.90 Å². The van der Waals surface area contributed by atoms with E-state index in [-0.39, 0.29) is 19.4 Å². The number of likely N-dealkylation sites (tertiary alicyclic amines) is 1. The van der Waals surface area contributed by atoms with Crippen LogP contribution in [0.2, 0.25) is 0 Å². The molecule has 1 aliphatic heterocycles. The zero-order chi connectivity index (χ0) is 16.3. The number of hydrogen-bond donors (Lipinski definition) is 2. The number of β-amino-alcohol motifs (C(OH)–C–C–N with tert-alkyl or cyclic N) is 1. The van der Waals surface area contributed by atoms with Crippen molar-refractivity contribution in [2.24, 2.45) is 5.92 Å². The molecule has 22 heavy (non-hydrogen) atoms. The quantitative estimate of drug-likeness (QED) is 0.838. The summed E-state index contributed by atoms with van der Waals surface area (Å²) < 4.78 is 50.2. The van der Waals surface area contributed by atoms with Crippen molar-refractivity contribution in [3.05, 3.63) is 35.6 Å². The molecule has 3 nitrogen and oxygen atoms in total. The highest BCUT2D eigenvalue weighted by Crippen LogP contribution is 2.32. The van der Waals surface area contributed by atoms with E-state index in [4.69, 9.17) is 0 Å². The number of halogens is 4. The number of piperidine rings is 1. The molecule has 0 aliphatic carbocycles. The minimum absolute atomic E-state index is 0.233. The molecule has 1 aromatic carbocycles. The van der Waals surface area contributed by atoms with Crippen LogP contribution >= 0.6 is 0 Å². The maximum atomic E-state index is 12.8. The summed E-state index contributed by atoms with van der Waals surface area (Å²) in [4.78, 5) is 1.85. The van der Waals surface area contributed by atoms with Crippen LogP contribution in [0.15, 0.2) is 24.3 Å². The Hall–Kier alpha value is -1.18. The Labute approximate surface area is 126 Å². The Balaban J connectivity index is 1.83. The van der Waals surface area contributed by atoms with Gasteiger partial charge in [-0.25, -0.2) is 4.39 Å². The minimum atomic E-state index is -4.58. The molecule has 1 aromatic rings. The van der Waals surface area contributed by atoms with Crippen molar-refractivity contribution in [2.75, 3.05) is 19.6 Å². The van der Waals surface area contributed by atoms with E-state index in [2.05, 4.69) is 0 Å². The van der Waals surface area contributed by atoms with Gasteiger partial charge in [0.25, 0.3) is 0 Å². The fourth-order valence-electron chi connectivity index (χ4n) is 2.75. The van der Waals surface area contributed by atoms with E-state index in [9.17, 15) is 27.8 Å². The molecule has 0 radical (unpaired) electrons. The summed E-state index contributed by atoms with van der Waals surface area (Å²) in [5.74, 6) is -1.18. The van der Waals surface area contributed by atoms with E-state index >= 15 is 0 Å². The Morgan fingerprint density at radius 2 is 1.64 bits per heavy atom. The number of alkyl halides is 3. The second kappa shape index (κ2) is 6.93. The van der Waals surface area contributed by atoms with E-state index < -0.39 is 30.1 Å². The average Bonchev–Trinajstić information content (AvgIpc) is 2.47. The molecule has 7 heteroatoms. The molecule has 124 valence electrons. The summed E-state index contributed by atoms with van der Waals surface area (Å²) in [6.07, 6.45) is -7.21. The third-order valence-electron chi connectivity index (χ3n) is 4.10. The summed E-state index contributed by atoms with van der Waals surface area (Å²) in [7, 11) is 0. The Morgan fingerprint density at radius 1 is 1.09 bits per heavy atom. The van der Waals surface area contributed by atoms with Crippen LogP contribution in [0.5, 0.6) is 0 Å². The molecule has 2 N–H and O–H groups in total. The van der Waals surface area contributed by atoms with Crippen LogP contribution in [0.4, 0.5) is 17.6 Å². The molecule has 2 rings (SSSR count). The largest absolute Gasteiger partial charge is 0.414 e. The van der Waals surface area contributed by atoms with Crippen molar-refractivity contribution in [1.29, 1.82) is 0 Å². The molecule has 2 atom stereocenters. The maximum Gasteiger partial charge on any atom is 0.414 e. The third kappa shape index (κ3) is 4.41. The lowest BCUT2D eigenvalue weighted by molar-refractivity contribution is -0.223. The highest BCUT2D eigenvalue weighted by atomic mass is 19.4. The van der Waals surface area contributed by atoms with Gasteiger partial charge in [-0.05, 0) is 49.5 Å². The molecule has 1 saturated heterocycles. The van der Waals surface area contributed by atoms with Crippen LogP contribution in [0.1, 0.15) is 24.5 Å². The van der Waals surface area contributed by atoms with Crippen LogP contribution in [0.25, 0.3) is 0 Å². The molecule has 1 aliphatic rings. The number of aliphatic hydroxyl groups excluding tert-OH is 2. The van der Waals surface area contributed by atoms with E-state index in [1.54, 1.807) is 0 Å². The molecular weight excluding hydrogens is 302 g/mol. The minimum Gasteiger partial charge on any atom is -0.387 e. The first kappa shape index (κ1) is 17.2. The number of benzene rings is 1. The van der Waals surface area contributed by atoms with Crippen molar-refractivity contribution >= 4 is 0 Å². The van der Waals surface area contributed by atoms with Crippen LogP contribution in [-0.2, 0) is 0 Å². The highest BCUT2D eigenvalue weighted by molar-refractivity contribution is 5.18. The fraction of sp³-hybridized carbons (Fsp3) is 0.600. The smallest absolute Gasteiger partial charge is 0.387 e.